The molecular formula is C8H8ClN. The van der Waals surface area contributed by atoms with Crippen LogP contribution in [0.4, 0.5) is 0 Å². The summed E-state index contributed by atoms with van der Waals surface area (Å²) < 4.78 is 7.60. The molecule has 0 amide bonds. The van der Waals surface area contributed by atoms with E-state index in [0.717, 1.165) is 18.7 Å². The lowest BCUT2D eigenvalue weighted by Crippen LogP contribution is -1.99. The Labute approximate surface area is 66.4 Å². The normalized spacial score (nSPS) is 16.7. The molecule has 1 aromatic rings. The summed E-state index contributed by atoms with van der Waals surface area (Å²) in [6.07, 6.45) is 0. The third kappa shape index (κ3) is 0.917. The zero-order valence-electron chi connectivity index (χ0n) is 6.45. The molecule has 0 saturated heterocycles. The van der Waals surface area contributed by atoms with Gasteiger partial charge in [-0.25, -0.2) is 0 Å². The molecule has 2 heteroatoms. The maximum atomic E-state index is 7.60. The van der Waals surface area contributed by atoms with E-state index in [4.69, 9.17) is 13.0 Å². The van der Waals surface area contributed by atoms with Gasteiger partial charge in [0.25, 0.3) is 0 Å². The standard InChI is InChI=1S/C8H8ClN/c9-8-2-1-6-4-10-5-7(6)3-8/h1-3,10H,4-5H2/i3D. The van der Waals surface area contributed by atoms with Gasteiger partial charge in [-0.3, -0.25) is 0 Å². The van der Waals surface area contributed by atoms with Crippen molar-refractivity contribution >= 4 is 11.6 Å². The highest BCUT2D eigenvalue weighted by Crippen LogP contribution is 2.19. The maximum absolute atomic E-state index is 7.60. The van der Waals surface area contributed by atoms with Crippen LogP contribution in [0.25, 0.3) is 0 Å². The van der Waals surface area contributed by atoms with Crippen molar-refractivity contribution in [2.45, 2.75) is 13.1 Å². The van der Waals surface area contributed by atoms with Gasteiger partial charge in [0.1, 0.15) is 0 Å². The van der Waals surface area contributed by atoms with Gasteiger partial charge in [0.15, 0.2) is 0 Å². The SMILES string of the molecule is [2H]c1c(Cl)ccc2c1CNC2. The van der Waals surface area contributed by atoms with Crippen molar-refractivity contribution in [3.63, 3.8) is 0 Å². The molecule has 0 aliphatic carbocycles. The zero-order chi connectivity index (χ0) is 7.84. The quantitative estimate of drug-likeness (QED) is 0.602. The van der Waals surface area contributed by atoms with E-state index in [-0.39, 0.29) is 0 Å². The molecule has 52 valence electrons. The molecule has 1 aliphatic heterocycles. The van der Waals surface area contributed by atoms with Crippen molar-refractivity contribution in [1.82, 2.24) is 5.32 Å². The Balaban J connectivity index is 2.62. The van der Waals surface area contributed by atoms with E-state index in [9.17, 15) is 0 Å². The Bertz CT molecular complexity index is 298. The van der Waals surface area contributed by atoms with E-state index >= 15 is 0 Å². The van der Waals surface area contributed by atoms with Crippen LogP contribution in [0, 0.1) is 0 Å². The topological polar surface area (TPSA) is 12.0 Å². The van der Waals surface area contributed by atoms with Gasteiger partial charge in [-0.15, -0.1) is 0 Å². The lowest BCUT2D eigenvalue weighted by molar-refractivity contribution is 0.765. The molecule has 1 aromatic carbocycles. The number of halogens is 1. The molecule has 1 heterocycles. The van der Waals surface area contributed by atoms with E-state index in [1.165, 1.54) is 5.56 Å². The highest BCUT2D eigenvalue weighted by atomic mass is 35.5. The molecule has 0 atom stereocenters. The number of hydrogen-bond acceptors (Lipinski definition) is 1. The van der Waals surface area contributed by atoms with Crippen LogP contribution in [0.15, 0.2) is 18.2 Å². The van der Waals surface area contributed by atoms with Gasteiger partial charge in [-0.1, -0.05) is 17.7 Å². The van der Waals surface area contributed by atoms with Crippen molar-refractivity contribution in [2.75, 3.05) is 0 Å². The summed E-state index contributed by atoms with van der Waals surface area (Å²) in [5, 5.41) is 3.73. The van der Waals surface area contributed by atoms with Crippen molar-refractivity contribution in [3.05, 3.63) is 34.3 Å². The van der Waals surface area contributed by atoms with Gasteiger partial charge in [0.05, 0.1) is 1.37 Å². The van der Waals surface area contributed by atoms with Crippen LogP contribution >= 0.6 is 11.6 Å². The number of fused-ring (bicyclic) bond motifs is 1. The molecule has 0 bridgehead atoms. The minimum absolute atomic E-state index is 0.481. The van der Waals surface area contributed by atoms with Crippen LogP contribution in [0.3, 0.4) is 0 Å². The van der Waals surface area contributed by atoms with Gasteiger partial charge in [0.2, 0.25) is 0 Å². The van der Waals surface area contributed by atoms with Crippen LogP contribution in [0.2, 0.25) is 5.02 Å². The van der Waals surface area contributed by atoms with Crippen LogP contribution in [-0.4, -0.2) is 0 Å². The largest absolute Gasteiger partial charge is 0.309 e. The minimum Gasteiger partial charge on any atom is -0.309 e. The van der Waals surface area contributed by atoms with Gasteiger partial charge >= 0.3 is 0 Å². The van der Waals surface area contributed by atoms with Crippen molar-refractivity contribution in [1.29, 1.82) is 0 Å². The monoisotopic (exact) mass is 154 g/mol. The Morgan fingerprint density at radius 1 is 1.40 bits per heavy atom. The van der Waals surface area contributed by atoms with E-state index in [2.05, 4.69) is 5.32 Å². The molecule has 0 fully saturated rings. The lowest BCUT2D eigenvalue weighted by atomic mass is 10.1. The molecule has 10 heavy (non-hydrogen) atoms. The fraction of sp³-hybridized carbons (Fsp3) is 0.250. The number of nitrogens with one attached hydrogen (secondary N) is 1. The van der Waals surface area contributed by atoms with Crippen LogP contribution < -0.4 is 5.32 Å². The highest BCUT2D eigenvalue weighted by Gasteiger charge is 2.08. The molecule has 0 unspecified atom stereocenters. The fourth-order valence-corrected chi connectivity index (χ4v) is 1.36. The van der Waals surface area contributed by atoms with E-state index in [1.54, 1.807) is 6.07 Å². The molecule has 0 radical (unpaired) electrons. The van der Waals surface area contributed by atoms with E-state index < -0.39 is 0 Å². The first-order valence-corrected chi connectivity index (χ1v) is 3.64. The second-order valence-electron chi connectivity index (χ2n) is 2.41. The third-order valence-corrected chi connectivity index (χ3v) is 1.93. The van der Waals surface area contributed by atoms with Crippen LogP contribution in [-0.2, 0) is 13.1 Å². The molecule has 2 rings (SSSR count). The van der Waals surface area contributed by atoms with E-state index in [1.807, 2.05) is 6.07 Å². The van der Waals surface area contributed by atoms with E-state index in [0.29, 0.717) is 11.1 Å². The van der Waals surface area contributed by atoms with Crippen molar-refractivity contribution < 1.29 is 1.37 Å². The summed E-state index contributed by atoms with van der Waals surface area (Å²) in [7, 11) is 0. The third-order valence-electron chi connectivity index (χ3n) is 1.71. The Hall–Kier alpha value is -0.530. The first-order valence-electron chi connectivity index (χ1n) is 3.76. The Morgan fingerprint density at radius 3 is 3.10 bits per heavy atom. The summed E-state index contributed by atoms with van der Waals surface area (Å²) in [6, 6.07) is 4.25. The van der Waals surface area contributed by atoms with Gasteiger partial charge in [0, 0.05) is 18.1 Å². The summed E-state index contributed by atoms with van der Waals surface area (Å²) in [5.74, 6) is 0. The van der Waals surface area contributed by atoms with Crippen molar-refractivity contribution in [2.24, 2.45) is 0 Å². The molecule has 0 aromatic heterocycles. The zero-order valence-corrected chi connectivity index (χ0v) is 6.20. The average Bonchev–Trinajstić information content (AvgIpc) is 2.45. The molecule has 1 N–H and O–H groups in total. The molecule has 1 aliphatic rings. The predicted octanol–water partition coefficient (Wildman–Crippen LogP) is 1.94. The maximum Gasteiger partial charge on any atom is 0.0642 e. The first-order chi connectivity index (χ1) is 5.29. The summed E-state index contributed by atoms with van der Waals surface area (Å²) >= 11 is 5.78. The minimum atomic E-state index is 0.481. The van der Waals surface area contributed by atoms with Gasteiger partial charge in [-0.05, 0) is 23.2 Å². The average molecular weight is 155 g/mol. The smallest absolute Gasteiger partial charge is 0.0642 e. The lowest BCUT2D eigenvalue weighted by Gasteiger charge is -1.95. The Morgan fingerprint density at radius 2 is 2.20 bits per heavy atom. The summed E-state index contributed by atoms with van der Waals surface area (Å²) in [6.45, 7) is 1.66. The second kappa shape index (κ2) is 2.26. The molecule has 1 nitrogen and oxygen atoms in total. The summed E-state index contributed by atoms with van der Waals surface area (Å²) in [5.41, 5.74) is 2.26. The predicted molar refractivity (Wildman–Crippen MR) is 42.0 cm³/mol. The Kier molecular flexibility index (Phi) is 1.17. The van der Waals surface area contributed by atoms with Crippen LogP contribution in [0.1, 0.15) is 12.5 Å². The highest BCUT2D eigenvalue weighted by molar-refractivity contribution is 6.30. The number of hydrogen-bond donors (Lipinski definition) is 1. The van der Waals surface area contributed by atoms with Crippen LogP contribution in [0.5, 0.6) is 0 Å². The molecule has 0 saturated carbocycles. The molecule has 0 spiro atoms. The number of rotatable bonds is 0. The molecular weight excluding hydrogens is 146 g/mol. The van der Waals surface area contributed by atoms with Gasteiger partial charge < -0.3 is 5.32 Å². The summed E-state index contributed by atoms with van der Waals surface area (Å²) in [4.78, 5) is 0. The van der Waals surface area contributed by atoms with Crippen molar-refractivity contribution in [3.8, 4) is 0 Å². The second-order valence-corrected chi connectivity index (χ2v) is 2.82. The van der Waals surface area contributed by atoms with Gasteiger partial charge in [-0.2, -0.15) is 0 Å². The first kappa shape index (κ1) is 5.16. The fourth-order valence-electron chi connectivity index (χ4n) is 1.19. The number of benzene rings is 1.